The van der Waals surface area contributed by atoms with E-state index in [0.717, 1.165) is 72.0 Å². The van der Waals surface area contributed by atoms with Gasteiger partial charge < -0.3 is 24.4 Å². The lowest BCUT2D eigenvalue weighted by atomic mass is 9.83. The number of esters is 1. The van der Waals surface area contributed by atoms with Crippen molar-refractivity contribution in [1.82, 2.24) is 20.1 Å². The zero-order chi connectivity index (χ0) is 36.0. The standard InChI is InChI=1S/C38H50N4O7S/c1-24(41(6)37(46)49-38(3,4)5)34(44)40-33(27-14-8-7-9-15-27)36(45)42-20-12-17-30(42)35-39-29(23-50-35)32-28-16-11-10-13-26(28)18-19-31(32)48-22-21-47-25(2)43/h10-11,13,16,18-19,23-24,27,30,33H,7-9,12,14-15,17,20-22H2,1-6H3,(H,40,44)/t24-,30-,33-/m0/s1. The molecule has 0 unspecified atom stereocenters. The first-order valence-electron chi connectivity index (χ1n) is 17.6. The Hall–Kier alpha value is -4.19. The molecule has 50 heavy (non-hydrogen) atoms. The molecule has 2 aromatic carbocycles. The summed E-state index contributed by atoms with van der Waals surface area (Å²) < 4.78 is 16.7. The summed E-state index contributed by atoms with van der Waals surface area (Å²) in [4.78, 5) is 60.4. The summed E-state index contributed by atoms with van der Waals surface area (Å²) in [5, 5.41) is 7.94. The molecule has 3 atom stereocenters. The van der Waals surface area contributed by atoms with Crippen molar-refractivity contribution in [2.45, 2.75) is 103 Å². The van der Waals surface area contributed by atoms with Gasteiger partial charge in [-0.1, -0.05) is 49.6 Å². The number of amides is 3. The molecule has 1 aliphatic carbocycles. The van der Waals surface area contributed by atoms with E-state index in [0.29, 0.717) is 12.3 Å². The quantitative estimate of drug-likeness (QED) is 0.169. The number of rotatable bonds is 11. The maximum absolute atomic E-state index is 14.5. The molecule has 5 rings (SSSR count). The monoisotopic (exact) mass is 706 g/mol. The first kappa shape index (κ1) is 37.1. The van der Waals surface area contributed by atoms with Crippen LogP contribution in [-0.4, -0.2) is 83.2 Å². The molecule has 12 heteroatoms. The second-order valence-electron chi connectivity index (χ2n) is 14.3. The SMILES string of the molecule is CC(=O)OCCOc1ccc2ccccc2c1-c1csc([C@@H]2CCCN2C(=O)[C@@H](NC(=O)[C@H](C)N(C)C(=O)OC(C)(C)C)C2CCCCC2)n1. The van der Waals surface area contributed by atoms with Crippen molar-refractivity contribution in [3.05, 3.63) is 46.8 Å². The predicted octanol–water partition coefficient (Wildman–Crippen LogP) is 6.89. The summed E-state index contributed by atoms with van der Waals surface area (Å²) in [7, 11) is 1.54. The normalized spacial score (nSPS) is 18.0. The van der Waals surface area contributed by atoms with Crippen molar-refractivity contribution >= 4 is 46.0 Å². The van der Waals surface area contributed by atoms with Crippen LogP contribution in [0.15, 0.2) is 41.8 Å². The number of ether oxygens (including phenoxy) is 3. The Bertz CT molecular complexity index is 1680. The number of thiazole rings is 1. The summed E-state index contributed by atoms with van der Waals surface area (Å²) in [5.41, 5.74) is 0.898. The second-order valence-corrected chi connectivity index (χ2v) is 15.2. The molecule has 2 aliphatic rings. The van der Waals surface area contributed by atoms with Gasteiger partial charge in [-0.15, -0.1) is 11.3 Å². The Morgan fingerprint density at radius 1 is 1.02 bits per heavy atom. The van der Waals surface area contributed by atoms with Gasteiger partial charge in [-0.25, -0.2) is 9.78 Å². The van der Waals surface area contributed by atoms with Gasteiger partial charge in [-0.05, 0) is 76.1 Å². The van der Waals surface area contributed by atoms with Crippen molar-refractivity contribution in [1.29, 1.82) is 0 Å². The summed E-state index contributed by atoms with van der Waals surface area (Å²) in [6, 6.07) is 10.2. The number of aromatic nitrogens is 1. The minimum Gasteiger partial charge on any atom is -0.489 e. The van der Waals surface area contributed by atoms with E-state index < -0.39 is 23.8 Å². The third-order valence-electron chi connectivity index (χ3n) is 9.46. The topological polar surface area (TPSA) is 127 Å². The molecule has 11 nitrogen and oxygen atoms in total. The third kappa shape index (κ3) is 8.93. The van der Waals surface area contributed by atoms with Gasteiger partial charge in [0.15, 0.2) is 0 Å². The van der Waals surface area contributed by atoms with Gasteiger partial charge in [0.2, 0.25) is 11.8 Å². The number of carbonyl (C=O) groups is 4. The molecule has 2 fully saturated rings. The Labute approximate surface area is 298 Å². The fourth-order valence-electron chi connectivity index (χ4n) is 6.78. The molecular formula is C38H50N4O7S. The fourth-order valence-corrected chi connectivity index (χ4v) is 7.74. The van der Waals surface area contributed by atoms with Crippen LogP contribution in [0, 0.1) is 5.92 Å². The molecule has 0 spiro atoms. The van der Waals surface area contributed by atoms with Crippen LogP contribution < -0.4 is 10.1 Å². The first-order valence-corrected chi connectivity index (χ1v) is 18.5. The van der Waals surface area contributed by atoms with Crippen molar-refractivity contribution in [2.24, 2.45) is 5.92 Å². The van der Waals surface area contributed by atoms with Crippen molar-refractivity contribution in [2.75, 3.05) is 26.8 Å². The lowest BCUT2D eigenvalue weighted by Gasteiger charge is -2.36. The highest BCUT2D eigenvalue weighted by Crippen LogP contribution is 2.41. The van der Waals surface area contributed by atoms with Crippen LogP contribution in [0.25, 0.3) is 22.0 Å². The number of nitrogens with zero attached hydrogens (tertiary/aromatic N) is 3. The zero-order valence-electron chi connectivity index (χ0n) is 30.0. The Kier molecular flexibility index (Phi) is 12.0. The highest BCUT2D eigenvalue weighted by molar-refractivity contribution is 7.10. The second kappa shape index (κ2) is 16.2. The van der Waals surface area contributed by atoms with E-state index in [2.05, 4.69) is 5.32 Å². The van der Waals surface area contributed by atoms with Gasteiger partial charge in [-0.3, -0.25) is 19.3 Å². The fraction of sp³-hybridized carbons (Fsp3) is 0.553. The van der Waals surface area contributed by atoms with Gasteiger partial charge >= 0.3 is 12.1 Å². The first-order chi connectivity index (χ1) is 23.8. The summed E-state index contributed by atoms with van der Waals surface area (Å²) in [5.74, 6) is -0.199. The molecule has 3 amide bonds. The predicted molar refractivity (Wildman–Crippen MR) is 193 cm³/mol. The molecule has 0 radical (unpaired) electrons. The molecule has 1 saturated carbocycles. The lowest BCUT2D eigenvalue weighted by Crippen LogP contribution is -2.56. The molecule has 270 valence electrons. The number of hydrogen-bond acceptors (Lipinski definition) is 9. The largest absolute Gasteiger partial charge is 0.489 e. The highest BCUT2D eigenvalue weighted by Gasteiger charge is 2.41. The lowest BCUT2D eigenvalue weighted by molar-refractivity contribution is -0.141. The summed E-state index contributed by atoms with van der Waals surface area (Å²) >= 11 is 1.51. The number of benzene rings is 2. The molecule has 1 aromatic heterocycles. The van der Waals surface area contributed by atoms with E-state index in [1.807, 2.05) is 46.7 Å². The van der Waals surface area contributed by atoms with Gasteiger partial charge in [0, 0.05) is 25.9 Å². The number of carbonyl (C=O) groups excluding carboxylic acids is 4. The summed E-state index contributed by atoms with van der Waals surface area (Å²) in [6.07, 6.45) is 5.84. The average Bonchev–Trinajstić information content (AvgIpc) is 3.78. The van der Waals surface area contributed by atoms with Gasteiger partial charge in [-0.2, -0.15) is 0 Å². The number of likely N-dealkylation sites (N-methyl/N-ethyl adjacent to an activating group) is 1. The van der Waals surface area contributed by atoms with E-state index >= 15 is 0 Å². The molecular weight excluding hydrogens is 657 g/mol. The van der Waals surface area contributed by atoms with E-state index in [-0.39, 0.29) is 43.0 Å². The average molecular weight is 707 g/mol. The molecule has 3 aromatic rings. The van der Waals surface area contributed by atoms with Gasteiger partial charge in [0.1, 0.15) is 41.7 Å². The van der Waals surface area contributed by atoms with Crippen LogP contribution in [0.3, 0.4) is 0 Å². The van der Waals surface area contributed by atoms with Crippen molar-refractivity contribution in [3.8, 4) is 17.0 Å². The number of hydrogen-bond donors (Lipinski definition) is 1. The molecule has 1 N–H and O–H groups in total. The molecule has 0 bridgehead atoms. The molecule has 1 aliphatic heterocycles. The minimum atomic E-state index is -0.828. The van der Waals surface area contributed by atoms with Gasteiger partial charge in [0.25, 0.3) is 0 Å². The maximum atomic E-state index is 14.5. The van der Waals surface area contributed by atoms with Crippen LogP contribution in [-0.2, 0) is 23.9 Å². The third-order valence-corrected chi connectivity index (χ3v) is 10.4. The number of nitrogens with one attached hydrogen (secondary N) is 1. The zero-order valence-corrected chi connectivity index (χ0v) is 30.8. The van der Waals surface area contributed by atoms with Crippen LogP contribution >= 0.6 is 11.3 Å². The Morgan fingerprint density at radius 2 is 1.76 bits per heavy atom. The Morgan fingerprint density at radius 3 is 2.48 bits per heavy atom. The summed E-state index contributed by atoms with van der Waals surface area (Å²) in [6.45, 7) is 9.27. The minimum absolute atomic E-state index is 0.00899. The van der Waals surface area contributed by atoms with Gasteiger partial charge in [0.05, 0.1) is 17.3 Å². The Balaban J connectivity index is 1.38. The maximum Gasteiger partial charge on any atom is 0.410 e. The van der Waals surface area contributed by atoms with E-state index in [1.165, 1.54) is 23.2 Å². The van der Waals surface area contributed by atoms with Crippen LogP contribution in [0.5, 0.6) is 5.75 Å². The smallest absolute Gasteiger partial charge is 0.410 e. The van der Waals surface area contributed by atoms with Crippen molar-refractivity contribution in [3.63, 3.8) is 0 Å². The van der Waals surface area contributed by atoms with Crippen LogP contribution in [0.2, 0.25) is 0 Å². The molecule has 2 heterocycles. The number of fused-ring (bicyclic) bond motifs is 1. The number of likely N-dealkylation sites (tertiary alicyclic amines) is 1. The van der Waals surface area contributed by atoms with E-state index in [9.17, 15) is 19.2 Å². The van der Waals surface area contributed by atoms with E-state index in [1.54, 1.807) is 34.7 Å². The highest BCUT2D eigenvalue weighted by atomic mass is 32.1. The van der Waals surface area contributed by atoms with E-state index in [4.69, 9.17) is 19.2 Å². The van der Waals surface area contributed by atoms with Crippen molar-refractivity contribution < 1.29 is 33.4 Å². The van der Waals surface area contributed by atoms with Crippen LogP contribution in [0.1, 0.15) is 90.6 Å². The van der Waals surface area contributed by atoms with Crippen LogP contribution in [0.4, 0.5) is 4.79 Å². The molecule has 1 saturated heterocycles.